The molecule has 0 bridgehead atoms. The highest BCUT2D eigenvalue weighted by Crippen LogP contribution is 2.32. The molecule has 0 atom stereocenters. The molecular formula is C23H14FN7O. The average Bonchev–Trinajstić information content (AvgIpc) is 3.42. The average molecular weight is 423 g/mol. The second-order valence-electron chi connectivity index (χ2n) is 7.27. The van der Waals surface area contributed by atoms with E-state index in [-0.39, 0.29) is 5.75 Å². The maximum absolute atomic E-state index is 13.9. The molecular weight excluding hydrogens is 409 g/mol. The lowest BCUT2D eigenvalue weighted by Crippen LogP contribution is -1.87. The Morgan fingerprint density at radius 3 is 2.62 bits per heavy atom. The van der Waals surface area contributed by atoms with Gasteiger partial charge in [0.1, 0.15) is 17.1 Å². The number of halogens is 1. The van der Waals surface area contributed by atoms with Crippen LogP contribution in [0.2, 0.25) is 0 Å². The van der Waals surface area contributed by atoms with Gasteiger partial charge in [0.15, 0.2) is 11.5 Å². The van der Waals surface area contributed by atoms with Gasteiger partial charge < -0.3 is 10.1 Å². The van der Waals surface area contributed by atoms with Crippen molar-refractivity contribution in [2.24, 2.45) is 0 Å². The molecule has 0 aliphatic rings. The summed E-state index contributed by atoms with van der Waals surface area (Å²) in [7, 11) is 0. The Hall–Kier alpha value is -4.66. The number of aromatic nitrogens is 7. The van der Waals surface area contributed by atoms with Crippen molar-refractivity contribution in [1.29, 1.82) is 0 Å². The third kappa shape index (κ3) is 2.95. The molecule has 5 heterocycles. The van der Waals surface area contributed by atoms with Gasteiger partial charge in [-0.3, -0.25) is 15.1 Å². The van der Waals surface area contributed by atoms with Gasteiger partial charge in [0.2, 0.25) is 0 Å². The minimum atomic E-state index is -0.543. The Balaban J connectivity index is 1.52. The SMILES string of the molecule is Oc1cc(F)cc(-c2cncc3[nH]c(-c4n[nH]c5ccc(-c6cccnc6)nc45)nc23)c1. The molecule has 0 amide bonds. The normalized spacial score (nSPS) is 11.4. The van der Waals surface area contributed by atoms with Gasteiger partial charge in [-0.1, -0.05) is 0 Å². The number of rotatable bonds is 3. The van der Waals surface area contributed by atoms with E-state index in [9.17, 15) is 9.50 Å². The fraction of sp³-hybridized carbons (Fsp3) is 0. The zero-order valence-electron chi connectivity index (χ0n) is 16.4. The summed E-state index contributed by atoms with van der Waals surface area (Å²) in [4.78, 5) is 21.1. The maximum Gasteiger partial charge on any atom is 0.161 e. The lowest BCUT2D eigenvalue weighted by atomic mass is 10.1. The van der Waals surface area contributed by atoms with E-state index in [1.807, 2.05) is 24.3 Å². The maximum atomic E-state index is 13.9. The first-order valence-corrected chi connectivity index (χ1v) is 9.75. The minimum absolute atomic E-state index is 0.168. The first-order chi connectivity index (χ1) is 15.7. The zero-order chi connectivity index (χ0) is 21.7. The smallest absolute Gasteiger partial charge is 0.161 e. The van der Waals surface area contributed by atoms with Crippen LogP contribution in [-0.4, -0.2) is 40.2 Å². The fourth-order valence-corrected chi connectivity index (χ4v) is 3.73. The molecule has 0 aliphatic carbocycles. The molecule has 9 heteroatoms. The van der Waals surface area contributed by atoms with E-state index in [0.29, 0.717) is 39.2 Å². The first kappa shape index (κ1) is 18.1. The number of nitrogens with zero attached hydrogens (tertiary/aromatic N) is 5. The first-order valence-electron chi connectivity index (χ1n) is 9.75. The third-order valence-electron chi connectivity index (χ3n) is 5.18. The molecule has 0 spiro atoms. The highest BCUT2D eigenvalue weighted by molar-refractivity contribution is 5.95. The highest BCUT2D eigenvalue weighted by atomic mass is 19.1. The molecule has 154 valence electrons. The number of phenolic OH excluding ortho intramolecular Hbond substituents is 1. The number of fused-ring (bicyclic) bond motifs is 2. The van der Waals surface area contributed by atoms with Crippen LogP contribution in [0.4, 0.5) is 4.39 Å². The summed E-state index contributed by atoms with van der Waals surface area (Å²) in [5, 5.41) is 17.2. The van der Waals surface area contributed by atoms with Crippen LogP contribution >= 0.6 is 0 Å². The van der Waals surface area contributed by atoms with Crippen molar-refractivity contribution in [3.63, 3.8) is 0 Å². The Labute approximate surface area is 179 Å². The zero-order valence-corrected chi connectivity index (χ0v) is 16.4. The topological polar surface area (TPSA) is 116 Å². The standard InChI is InChI=1S/C23H14FN7O/c24-14-6-13(7-15(32)8-14)16-10-26-11-19-20(16)29-23(28-19)22-21-18(30-31-22)4-3-17(27-21)12-2-1-5-25-9-12/h1-11,32H,(H,28,29)(H,30,31). The van der Waals surface area contributed by atoms with Gasteiger partial charge in [-0.2, -0.15) is 5.10 Å². The van der Waals surface area contributed by atoms with Gasteiger partial charge in [-0.05, 0) is 42.0 Å². The lowest BCUT2D eigenvalue weighted by Gasteiger charge is -2.03. The van der Waals surface area contributed by atoms with Crippen LogP contribution in [0, 0.1) is 5.82 Å². The molecule has 1 aromatic carbocycles. The van der Waals surface area contributed by atoms with E-state index >= 15 is 0 Å². The van der Waals surface area contributed by atoms with Crippen molar-refractivity contribution in [2.75, 3.05) is 0 Å². The number of imidazole rings is 1. The molecule has 0 saturated carbocycles. The van der Waals surface area contributed by atoms with Crippen LogP contribution in [0.1, 0.15) is 0 Å². The summed E-state index contributed by atoms with van der Waals surface area (Å²) >= 11 is 0. The van der Waals surface area contributed by atoms with Crippen LogP contribution in [0.25, 0.3) is 56.0 Å². The largest absolute Gasteiger partial charge is 0.508 e. The summed E-state index contributed by atoms with van der Waals surface area (Å²) in [6.07, 6.45) is 6.69. The molecule has 0 saturated heterocycles. The van der Waals surface area contributed by atoms with Crippen molar-refractivity contribution in [3.8, 4) is 39.7 Å². The second-order valence-corrected chi connectivity index (χ2v) is 7.27. The van der Waals surface area contributed by atoms with Gasteiger partial charge in [-0.25, -0.2) is 14.4 Å². The molecule has 3 N–H and O–H groups in total. The number of benzene rings is 1. The van der Waals surface area contributed by atoms with E-state index in [1.54, 1.807) is 24.8 Å². The molecule has 8 nitrogen and oxygen atoms in total. The van der Waals surface area contributed by atoms with Gasteiger partial charge in [-0.15, -0.1) is 0 Å². The number of hydrogen-bond acceptors (Lipinski definition) is 6. The number of aromatic hydroxyl groups is 1. The third-order valence-corrected chi connectivity index (χ3v) is 5.18. The van der Waals surface area contributed by atoms with Crippen molar-refractivity contribution < 1.29 is 9.50 Å². The van der Waals surface area contributed by atoms with Crippen molar-refractivity contribution >= 4 is 22.1 Å². The van der Waals surface area contributed by atoms with Gasteiger partial charge in [0.25, 0.3) is 0 Å². The van der Waals surface area contributed by atoms with Gasteiger partial charge >= 0.3 is 0 Å². The lowest BCUT2D eigenvalue weighted by molar-refractivity contribution is 0.469. The molecule has 32 heavy (non-hydrogen) atoms. The Kier molecular flexibility index (Phi) is 3.94. The number of H-pyrrole nitrogens is 2. The van der Waals surface area contributed by atoms with Crippen LogP contribution in [0.15, 0.2) is 67.3 Å². The Morgan fingerprint density at radius 2 is 1.78 bits per heavy atom. The van der Waals surface area contributed by atoms with Crippen LogP contribution in [0.5, 0.6) is 5.75 Å². The second kappa shape index (κ2) is 6.95. The summed E-state index contributed by atoms with van der Waals surface area (Å²) in [6, 6.07) is 11.5. The summed E-state index contributed by atoms with van der Waals surface area (Å²) in [5.74, 6) is -0.215. The minimum Gasteiger partial charge on any atom is -0.508 e. The van der Waals surface area contributed by atoms with E-state index < -0.39 is 5.82 Å². The van der Waals surface area contributed by atoms with Crippen molar-refractivity contribution in [2.45, 2.75) is 0 Å². The quantitative estimate of drug-likeness (QED) is 0.387. The molecule has 0 unspecified atom stereocenters. The van der Waals surface area contributed by atoms with Crippen LogP contribution in [-0.2, 0) is 0 Å². The molecule has 0 fully saturated rings. The van der Waals surface area contributed by atoms with E-state index in [0.717, 1.165) is 22.8 Å². The van der Waals surface area contributed by atoms with Crippen molar-refractivity contribution in [3.05, 3.63) is 73.1 Å². The van der Waals surface area contributed by atoms with Crippen molar-refractivity contribution in [1.82, 2.24) is 35.1 Å². The van der Waals surface area contributed by atoms with Gasteiger partial charge in [0.05, 0.1) is 28.4 Å². The molecule has 6 rings (SSSR count). The summed E-state index contributed by atoms with van der Waals surface area (Å²) in [5.41, 5.74) is 5.93. The number of pyridine rings is 3. The van der Waals surface area contributed by atoms with E-state index in [4.69, 9.17) is 9.97 Å². The molecule has 5 aromatic heterocycles. The monoisotopic (exact) mass is 423 g/mol. The van der Waals surface area contributed by atoms with Crippen LogP contribution in [0.3, 0.4) is 0 Å². The number of aromatic amines is 2. The van der Waals surface area contributed by atoms with Gasteiger partial charge in [0, 0.05) is 35.8 Å². The predicted molar refractivity (Wildman–Crippen MR) is 117 cm³/mol. The number of phenols is 1. The predicted octanol–water partition coefficient (Wildman–Crippen LogP) is 4.47. The number of nitrogens with one attached hydrogen (secondary N) is 2. The van der Waals surface area contributed by atoms with E-state index in [1.165, 1.54) is 12.1 Å². The Bertz CT molecular complexity index is 1590. The van der Waals surface area contributed by atoms with E-state index in [2.05, 4.69) is 25.1 Å². The van der Waals surface area contributed by atoms with Crippen LogP contribution < -0.4 is 0 Å². The molecule has 0 aliphatic heterocycles. The fourth-order valence-electron chi connectivity index (χ4n) is 3.73. The summed E-state index contributed by atoms with van der Waals surface area (Å²) < 4.78 is 13.9. The number of hydrogen-bond donors (Lipinski definition) is 3. The summed E-state index contributed by atoms with van der Waals surface area (Å²) in [6.45, 7) is 0. The molecule has 6 aromatic rings. The Morgan fingerprint density at radius 1 is 0.844 bits per heavy atom. The highest BCUT2D eigenvalue weighted by Gasteiger charge is 2.17. The molecule has 0 radical (unpaired) electrons.